The molecular weight excluding hydrogens is 712 g/mol. The van der Waals surface area contributed by atoms with Gasteiger partial charge in [0.05, 0.1) is 15.8 Å². The lowest BCUT2D eigenvalue weighted by atomic mass is 9.87. The molecule has 47 heavy (non-hydrogen) atoms. The van der Waals surface area contributed by atoms with Crippen molar-refractivity contribution in [3.63, 3.8) is 0 Å². The number of carbonyl (C=O) groups is 2. The Morgan fingerprint density at radius 1 is 0.936 bits per heavy atom. The third kappa shape index (κ3) is 9.74. The number of nitrogens with zero attached hydrogens (tertiary/aromatic N) is 3. The maximum absolute atomic E-state index is 13.2. The third-order valence-electron chi connectivity index (χ3n) is 9.15. The molecule has 0 saturated carbocycles. The van der Waals surface area contributed by atoms with Gasteiger partial charge >= 0.3 is 11.9 Å². The quantitative estimate of drug-likeness (QED) is 0.257. The minimum atomic E-state index is -4.32. The molecule has 2 aromatic rings. The van der Waals surface area contributed by atoms with Crippen molar-refractivity contribution in [2.75, 3.05) is 31.1 Å². The zero-order valence-electron chi connectivity index (χ0n) is 27.1. The van der Waals surface area contributed by atoms with Gasteiger partial charge in [0.15, 0.2) is 0 Å². The van der Waals surface area contributed by atoms with E-state index in [0.717, 1.165) is 69.8 Å². The van der Waals surface area contributed by atoms with E-state index < -0.39 is 44.4 Å². The van der Waals surface area contributed by atoms with Crippen LogP contribution in [0.4, 0.5) is 5.82 Å². The number of carboxylic acids is 2. The summed E-state index contributed by atoms with van der Waals surface area (Å²) in [7, 11) is -7.81. The van der Waals surface area contributed by atoms with E-state index >= 15 is 0 Å². The summed E-state index contributed by atoms with van der Waals surface area (Å²) in [5.41, 5.74) is 1.08. The fraction of sp³-hybridized carbons (Fsp3) is 0.594. The van der Waals surface area contributed by atoms with Crippen molar-refractivity contribution in [1.82, 2.24) is 14.0 Å². The molecule has 1 unspecified atom stereocenters. The van der Waals surface area contributed by atoms with Gasteiger partial charge in [-0.3, -0.25) is 9.59 Å². The Morgan fingerprint density at radius 2 is 1.49 bits per heavy atom. The lowest BCUT2D eigenvalue weighted by molar-refractivity contribution is -0.145. The maximum Gasteiger partial charge on any atom is 0.322 e. The molecule has 0 bridgehead atoms. The van der Waals surface area contributed by atoms with Crippen LogP contribution in [0.15, 0.2) is 50.8 Å². The minimum absolute atomic E-state index is 0.0327. The van der Waals surface area contributed by atoms with E-state index in [0.29, 0.717) is 40.1 Å². The largest absolute Gasteiger partial charge is 0.481 e. The first-order valence-corrected chi connectivity index (χ1v) is 19.7. The number of nitrogens with one attached hydrogen (secondary N) is 1. The van der Waals surface area contributed by atoms with E-state index in [1.165, 1.54) is 6.07 Å². The molecule has 0 radical (unpaired) electrons. The zero-order chi connectivity index (χ0) is 34.6. The number of carboxylic acid groups (broad SMARTS) is 2. The molecule has 4 rings (SSSR count). The van der Waals surface area contributed by atoms with Crippen molar-refractivity contribution in [1.29, 1.82) is 0 Å². The van der Waals surface area contributed by atoms with E-state index in [1.807, 2.05) is 16.9 Å². The summed E-state index contributed by atoms with van der Waals surface area (Å²) in [6.45, 7) is 8.93. The molecule has 0 spiro atoms. The predicted molar refractivity (Wildman–Crippen MR) is 181 cm³/mol. The lowest BCUT2D eigenvalue weighted by Crippen LogP contribution is -2.42. The molecule has 3 N–H and O–H groups in total. The van der Waals surface area contributed by atoms with Crippen molar-refractivity contribution in [3.8, 4) is 0 Å². The number of piperidine rings is 2. The highest BCUT2D eigenvalue weighted by molar-refractivity contribution is 9.10. The number of sulfonamides is 2. The second kappa shape index (κ2) is 15.3. The highest BCUT2D eigenvalue weighted by Gasteiger charge is 2.31. The monoisotopic (exact) mass is 756 g/mol. The molecule has 2 saturated heterocycles. The van der Waals surface area contributed by atoms with E-state index in [2.05, 4.69) is 46.6 Å². The number of benzene rings is 1. The fourth-order valence-electron chi connectivity index (χ4n) is 6.25. The second-order valence-corrected chi connectivity index (χ2v) is 18.1. The van der Waals surface area contributed by atoms with Crippen LogP contribution in [0.5, 0.6) is 0 Å². The maximum atomic E-state index is 13.2. The first kappa shape index (κ1) is 37.2. The highest BCUT2D eigenvalue weighted by Crippen LogP contribution is 2.33. The number of hydrogen-bond donors (Lipinski definition) is 3. The standard InChI is InChI=1S/C32H45BrN4O8S2/c1-32(2,3)24-7-9-25(10-8-24)47(44,45)37-17-13-23(14-18-37)6-4-5-22-11-15-36(16-12-22)30-27(33)19-26(21-34-30)46(42,43)35-28(31(40)41)20-29(38)39/h7-10,19,21-23,28,35H,4-6,11-18,20H2,1-3H3,(H,38,39)(H,40,41). The van der Waals surface area contributed by atoms with Gasteiger partial charge in [-0.15, -0.1) is 0 Å². The molecule has 2 fully saturated rings. The molecule has 3 heterocycles. The average molecular weight is 758 g/mol. The zero-order valence-corrected chi connectivity index (χ0v) is 30.3. The topological polar surface area (TPSA) is 174 Å². The van der Waals surface area contributed by atoms with Crippen molar-refractivity contribution in [2.45, 2.75) is 93.4 Å². The average Bonchev–Trinajstić information content (AvgIpc) is 3.00. The van der Waals surface area contributed by atoms with Crippen LogP contribution in [0.3, 0.4) is 0 Å². The Kier molecular flexibility index (Phi) is 12.1. The molecule has 12 nitrogen and oxygen atoms in total. The first-order valence-electron chi connectivity index (χ1n) is 16.0. The van der Waals surface area contributed by atoms with E-state index in [9.17, 15) is 31.5 Å². The summed E-state index contributed by atoms with van der Waals surface area (Å²) in [5, 5.41) is 18.1. The highest BCUT2D eigenvalue weighted by atomic mass is 79.9. The molecule has 0 aliphatic carbocycles. The molecule has 2 aliphatic heterocycles. The summed E-state index contributed by atoms with van der Waals surface area (Å²) >= 11 is 3.40. The van der Waals surface area contributed by atoms with E-state index in [4.69, 9.17) is 5.11 Å². The Balaban J connectivity index is 1.21. The Morgan fingerprint density at radius 3 is 1.98 bits per heavy atom. The van der Waals surface area contributed by atoms with Crippen molar-refractivity contribution in [3.05, 3.63) is 46.6 Å². The van der Waals surface area contributed by atoms with Gasteiger partial charge in [0.2, 0.25) is 20.0 Å². The molecule has 1 aromatic heterocycles. The van der Waals surface area contributed by atoms with Gasteiger partial charge in [-0.25, -0.2) is 21.8 Å². The van der Waals surface area contributed by atoms with Crippen molar-refractivity contribution >= 4 is 53.7 Å². The van der Waals surface area contributed by atoms with Gasteiger partial charge < -0.3 is 15.1 Å². The third-order valence-corrected chi connectivity index (χ3v) is 13.1. The number of halogens is 1. The number of rotatable bonds is 13. The molecule has 0 amide bonds. The van der Waals surface area contributed by atoms with E-state index in [-0.39, 0.29) is 10.3 Å². The number of anilines is 1. The SMILES string of the molecule is CC(C)(C)c1ccc(S(=O)(=O)N2CCC(CCCC3CCN(c4ncc(S(=O)(=O)NC(CC(=O)O)C(=O)O)cc4Br)CC3)CC2)cc1. The van der Waals surface area contributed by atoms with Crippen LogP contribution in [0.25, 0.3) is 0 Å². The minimum Gasteiger partial charge on any atom is -0.481 e. The van der Waals surface area contributed by atoms with Gasteiger partial charge in [0, 0.05) is 32.4 Å². The number of aromatic nitrogens is 1. The Labute approximate surface area is 286 Å². The molecule has 2 aliphatic rings. The molecule has 260 valence electrons. The van der Waals surface area contributed by atoms with Crippen molar-refractivity contribution in [2.24, 2.45) is 11.8 Å². The van der Waals surface area contributed by atoms with Crippen LogP contribution < -0.4 is 9.62 Å². The van der Waals surface area contributed by atoms with Crippen LogP contribution in [0.1, 0.15) is 77.7 Å². The lowest BCUT2D eigenvalue weighted by Gasteiger charge is -2.34. The van der Waals surface area contributed by atoms with Crippen molar-refractivity contribution < 1.29 is 36.6 Å². The van der Waals surface area contributed by atoms with Gasteiger partial charge in [0.1, 0.15) is 16.8 Å². The van der Waals surface area contributed by atoms with E-state index in [1.54, 1.807) is 16.4 Å². The summed E-state index contributed by atoms with van der Waals surface area (Å²) in [6, 6.07) is 6.81. The number of pyridine rings is 1. The van der Waals surface area contributed by atoms with Crippen LogP contribution in [-0.4, -0.2) is 80.5 Å². The summed E-state index contributed by atoms with van der Waals surface area (Å²) in [6.07, 6.45) is 7.21. The normalized spacial score (nSPS) is 18.3. The number of hydrogen-bond acceptors (Lipinski definition) is 8. The predicted octanol–water partition coefficient (Wildman–Crippen LogP) is 4.84. The molecule has 1 aromatic carbocycles. The van der Waals surface area contributed by atoms with Gasteiger partial charge in [-0.2, -0.15) is 9.03 Å². The molecule has 15 heteroatoms. The van der Waals surface area contributed by atoms with Crippen LogP contribution in [-0.2, 0) is 35.1 Å². The van der Waals surface area contributed by atoms with Crippen LogP contribution >= 0.6 is 15.9 Å². The number of aliphatic carboxylic acids is 2. The molecule has 1 atom stereocenters. The van der Waals surface area contributed by atoms with Gasteiger partial charge in [-0.1, -0.05) is 52.2 Å². The van der Waals surface area contributed by atoms with Crippen LogP contribution in [0.2, 0.25) is 0 Å². The summed E-state index contributed by atoms with van der Waals surface area (Å²) < 4.78 is 55.9. The van der Waals surface area contributed by atoms with Gasteiger partial charge in [-0.05, 0) is 82.6 Å². The molecular formula is C32H45BrN4O8S2. The van der Waals surface area contributed by atoms with Crippen LogP contribution in [0, 0.1) is 11.8 Å². The first-order chi connectivity index (χ1) is 22.0. The summed E-state index contributed by atoms with van der Waals surface area (Å²) in [4.78, 5) is 28.8. The fourth-order valence-corrected chi connectivity index (χ4v) is 9.63. The smallest absolute Gasteiger partial charge is 0.322 e. The second-order valence-electron chi connectivity index (χ2n) is 13.6. The van der Waals surface area contributed by atoms with Gasteiger partial charge in [0.25, 0.3) is 0 Å². The summed E-state index contributed by atoms with van der Waals surface area (Å²) in [5.74, 6) is -1.35. The Bertz CT molecular complexity index is 1630. The Hall–Kier alpha value is -2.59.